The fraction of sp³-hybridized carbons (Fsp3) is 0.143. The molecule has 2 N–H and O–H groups in total. The zero-order valence-electron chi connectivity index (χ0n) is 5.87. The van der Waals surface area contributed by atoms with E-state index in [1.54, 1.807) is 14.6 Å². The van der Waals surface area contributed by atoms with Crippen molar-refractivity contribution in [2.24, 2.45) is 0 Å². The van der Waals surface area contributed by atoms with Gasteiger partial charge >= 0.3 is 7.48 Å². The maximum Gasteiger partial charge on any atom is 0.329 e. The summed E-state index contributed by atoms with van der Waals surface area (Å²) in [6, 6.07) is 7.48. The first-order valence-electron chi connectivity index (χ1n) is 3.04. The van der Waals surface area contributed by atoms with Gasteiger partial charge in [-0.15, -0.1) is 0 Å². The minimum atomic E-state index is 0.772. The van der Waals surface area contributed by atoms with Gasteiger partial charge in [0.1, 0.15) is 0 Å². The third-order valence-electron chi connectivity index (χ3n) is 1.19. The molecule has 0 fully saturated rings. The van der Waals surface area contributed by atoms with Crippen LogP contribution in [0.4, 0.5) is 5.69 Å². The zero-order chi connectivity index (χ0) is 7.40. The molecule has 0 saturated heterocycles. The normalized spacial score (nSPS) is 9.30. The number of hydrogen-bond acceptors (Lipinski definition) is 2. The van der Waals surface area contributed by atoms with Crippen LogP contribution in [0.3, 0.4) is 0 Å². The first-order valence-corrected chi connectivity index (χ1v) is 3.04. The second-order valence-corrected chi connectivity index (χ2v) is 2.02. The first kappa shape index (κ1) is 7.16. The molecule has 0 heterocycles. The van der Waals surface area contributed by atoms with Gasteiger partial charge in [0.15, 0.2) is 0 Å². The van der Waals surface area contributed by atoms with Crippen LogP contribution in [-0.4, -0.2) is 14.6 Å². The van der Waals surface area contributed by atoms with Gasteiger partial charge in [-0.25, -0.2) is 0 Å². The first-order chi connectivity index (χ1) is 4.83. The zero-order valence-corrected chi connectivity index (χ0v) is 5.87. The second kappa shape index (κ2) is 3.27. The summed E-state index contributed by atoms with van der Waals surface area (Å²) in [4.78, 5) is 0. The molecule has 0 unspecified atom stereocenters. The molecule has 0 aliphatic carbocycles. The van der Waals surface area contributed by atoms with Crippen LogP contribution < -0.4 is 11.2 Å². The van der Waals surface area contributed by atoms with E-state index in [0.29, 0.717) is 0 Å². The molecule has 0 spiro atoms. The fourth-order valence-electron chi connectivity index (χ4n) is 0.711. The van der Waals surface area contributed by atoms with Crippen LogP contribution in [0, 0.1) is 0 Å². The van der Waals surface area contributed by atoms with Crippen molar-refractivity contribution in [3.63, 3.8) is 0 Å². The molecule has 0 aromatic heterocycles. The third kappa shape index (κ3) is 1.77. The molecule has 0 atom stereocenters. The predicted molar refractivity (Wildman–Crippen MR) is 43.3 cm³/mol. The van der Waals surface area contributed by atoms with E-state index in [1.807, 2.05) is 24.3 Å². The van der Waals surface area contributed by atoms with E-state index in [2.05, 4.69) is 0 Å². The molecule has 1 aromatic carbocycles. The van der Waals surface area contributed by atoms with Gasteiger partial charge in [0.25, 0.3) is 0 Å². The minimum absolute atomic E-state index is 0.772. The molecule has 1 radical (unpaired) electrons. The quantitative estimate of drug-likeness (QED) is 0.461. The number of hydrogen-bond donors (Lipinski definition) is 1. The lowest BCUT2D eigenvalue weighted by Crippen LogP contribution is -2.15. The Morgan fingerprint density at radius 2 is 1.90 bits per heavy atom. The van der Waals surface area contributed by atoms with Crippen molar-refractivity contribution in [3.8, 4) is 0 Å². The molecule has 0 aliphatic heterocycles. The lowest BCUT2D eigenvalue weighted by molar-refractivity contribution is 0.450. The number of nitrogen functional groups attached to an aromatic ring is 1. The van der Waals surface area contributed by atoms with Crippen molar-refractivity contribution < 1.29 is 4.65 Å². The Balaban J connectivity index is 2.69. The Bertz CT molecular complexity index is 197. The summed E-state index contributed by atoms with van der Waals surface area (Å²) in [6.45, 7) is 0. The Hall–Kier alpha value is -0.955. The largest absolute Gasteiger partial charge is 0.437 e. The van der Waals surface area contributed by atoms with E-state index in [-0.39, 0.29) is 0 Å². The molecular formula is C7H9BNO. The highest BCUT2D eigenvalue weighted by molar-refractivity contribution is 6.46. The minimum Gasteiger partial charge on any atom is -0.437 e. The van der Waals surface area contributed by atoms with Crippen LogP contribution in [0.25, 0.3) is 0 Å². The van der Waals surface area contributed by atoms with E-state index < -0.39 is 0 Å². The highest BCUT2D eigenvalue weighted by atomic mass is 16.4. The SMILES string of the molecule is CO[B]c1ccc(N)cc1. The lowest BCUT2D eigenvalue weighted by atomic mass is 9.88. The Kier molecular flexibility index (Phi) is 2.34. The Labute approximate surface area is 61.3 Å². The summed E-state index contributed by atoms with van der Waals surface area (Å²) in [5, 5.41) is 0. The van der Waals surface area contributed by atoms with Gasteiger partial charge in [0.2, 0.25) is 0 Å². The van der Waals surface area contributed by atoms with Crippen LogP contribution in [0.1, 0.15) is 0 Å². The molecule has 10 heavy (non-hydrogen) atoms. The summed E-state index contributed by atoms with van der Waals surface area (Å²) in [5.74, 6) is 0. The number of benzene rings is 1. The average molecular weight is 134 g/mol. The molecule has 0 bridgehead atoms. The van der Waals surface area contributed by atoms with Crippen LogP contribution in [0.15, 0.2) is 24.3 Å². The van der Waals surface area contributed by atoms with E-state index in [0.717, 1.165) is 11.2 Å². The summed E-state index contributed by atoms with van der Waals surface area (Å²) in [7, 11) is 3.29. The molecule has 3 heteroatoms. The van der Waals surface area contributed by atoms with Gasteiger partial charge in [-0.3, -0.25) is 0 Å². The van der Waals surface area contributed by atoms with Crippen LogP contribution in [0.5, 0.6) is 0 Å². The monoisotopic (exact) mass is 134 g/mol. The number of nitrogens with two attached hydrogens (primary N) is 1. The van der Waals surface area contributed by atoms with Crippen LogP contribution in [-0.2, 0) is 4.65 Å². The maximum atomic E-state index is 5.47. The van der Waals surface area contributed by atoms with Crippen LogP contribution >= 0.6 is 0 Å². The van der Waals surface area contributed by atoms with Gasteiger partial charge in [-0.1, -0.05) is 17.6 Å². The summed E-state index contributed by atoms with van der Waals surface area (Å²) >= 11 is 0. The molecule has 0 saturated carbocycles. The van der Waals surface area contributed by atoms with Gasteiger partial charge in [0, 0.05) is 12.8 Å². The fourth-order valence-corrected chi connectivity index (χ4v) is 0.711. The van der Waals surface area contributed by atoms with E-state index in [4.69, 9.17) is 10.4 Å². The van der Waals surface area contributed by atoms with Crippen molar-refractivity contribution in [2.75, 3.05) is 12.8 Å². The Morgan fingerprint density at radius 1 is 1.30 bits per heavy atom. The van der Waals surface area contributed by atoms with E-state index in [1.165, 1.54) is 0 Å². The van der Waals surface area contributed by atoms with Crippen molar-refractivity contribution in [1.29, 1.82) is 0 Å². The lowest BCUT2D eigenvalue weighted by Gasteiger charge is -1.96. The summed E-state index contributed by atoms with van der Waals surface area (Å²) in [6.07, 6.45) is 0. The van der Waals surface area contributed by atoms with Crippen molar-refractivity contribution in [2.45, 2.75) is 0 Å². The molecule has 1 aromatic rings. The van der Waals surface area contributed by atoms with Crippen molar-refractivity contribution in [3.05, 3.63) is 24.3 Å². The van der Waals surface area contributed by atoms with Crippen molar-refractivity contribution in [1.82, 2.24) is 0 Å². The number of anilines is 1. The third-order valence-corrected chi connectivity index (χ3v) is 1.19. The Morgan fingerprint density at radius 3 is 2.40 bits per heavy atom. The highest BCUT2D eigenvalue weighted by Crippen LogP contribution is 1.95. The van der Waals surface area contributed by atoms with Gasteiger partial charge in [-0.2, -0.15) is 0 Å². The second-order valence-electron chi connectivity index (χ2n) is 2.02. The molecule has 0 aliphatic rings. The molecular weight excluding hydrogens is 125 g/mol. The molecule has 0 amide bonds. The van der Waals surface area contributed by atoms with Gasteiger partial charge < -0.3 is 10.4 Å². The summed E-state index contributed by atoms with van der Waals surface area (Å²) in [5.41, 5.74) is 7.26. The molecule has 51 valence electrons. The topological polar surface area (TPSA) is 35.2 Å². The van der Waals surface area contributed by atoms with E-state index in [9.17, 15) is 0 Å². The predicted octanol–water partition coefficient (Wildman–Crippen LogP) is 0.160. The van der Waals surface area contributed by atoms with E-state index >= 15 is 0 Å². The summed E-state index contributed by atoms with van der Waals surface area (Å²) < 4.78 is 4.80. The van der Waals surface area contributed by atoms with Crippen molar-refractivity contribution >= 4 is 18.6 Å². The van der Waals surface area contributed by atoms with Crippen LogP contribution in [0.2, 0.25) is 0 Å². The molecule has 2 nitrogen and oxygen atoms in total. The highest BCUT2D eigenvalue weighted by Gasteiger charge is 1.92. The standard InChI is InChI=1S/C7H9BNO/c1-10-8-6-2-4-7(9)5-3-6/h2-5H,9H2,1H3. The molecule has 1 rings (SSSR count). The van der Waals surface area contributed by atoms with Gasteiger partial charge in [-0.05, 0) is 12.1 Å². The van der Waals surface area contributed by atoms with Gasteiger partial charge in [0.05, 0.1) is 0 Å². The number of rotatable bonds is 2. The maximum absolute atomic E-state index is 5.47. The average Bonchev–Trinajstić information content (AvgIpc) is 1.95. The smallest absolute Gasteiger partial charge is 0.329 e.